The Bertz CT molecular complexity index is 1040. The molecule has 9 heteroatoms. The number of halogens is 1. The van der Waals surface area contributed by atoms with Gasteiger partial charge in [-0.2, -0.15) is 0 Å². The molecule has 0 spiro atoms. The first-order valence-electron chi connectivity index (χ1n) is 6.69. The summed E-state index contributed by atoms with van der Waals surface area (Å²) < 4.78 is 32.7. The first-order chi connectivity index (χ1) is 11.3. The van der Waals surface area contributed by atoms with Crippen molar-refractivity contribution in [2.24, 2.45) is 0 Å². The van der Waals surface area contributed by atoms with Crippen molar-refractivity contribution in [3.63, 3.8) is 0 Å². The Balaban J connectivity index is 2.26. The minimum absolute atomic E-state index is 0.101. The van der Waals surface area contributed by atoms with Crippen molar-refractivity contribution in [2.45, 2.75) is 4.90 Å². The Morgan fingerprint density at radius 1 is 1.17 bits per heavy atom. The van der Waals surface area contributed by atoms with Crippen LogP contribution < -0.4 is 4.74 Å². The summed E-state index contributed by atoms with van der Waals surface area (Å²) in [5.74, 6) is 0.245. The predicted octanol–water partition coefficient (Wildman–Crippen LogP) is 3.56. The summed E-state index contributed by atoms with van der Waals surface area (Å²) in [6.07, 6.45) is 1.31. The van der Waals surface area contributed by atoms with E-state index in [9.17, 15) is 18.5 Å². The lowest BCUT2D eigenvalue weighted by molar-refractivity contribution is -0.384. The fourth-order valence-corrected chi connectivity index (χ4v) is 3.98. The van der Waals surface area contributed by atoms with Crippen molar-refractivity contribution in [1.29, 1.82) is 0 Å². The molecule has 0 aliphatic heterocycles. The number of benzene rings is 2. The van der Waals surface area contributed by atoms with Crippen molar-refractivity contribution >= 4 is 42.5 Å². The van der Waals surface area contributed by atoms with Crippen molar-refractivity contribution in [2.75, 3.05) is 7.11 Å². The van der Waals surface area contributed by atoms with Crippen molar-refractivity contribution in [3.05, 3.63) is 63.2 Å². The first-order valence-corrected chi connectivity index (χ1v) is 8.92. The van der Waals surface area contributed by atoms with E-state index in [-0.39, 0.29) is 16.3 Å². The van der Waals surface area contributed by atoms with Gasteiger partial charge in [-0.1, -0.05) is 15.9 Å². The van der Waals surface area contributed by atoms with Gasteiger partial charge < -0.3 is 4.74 Å². The molecule has 124 valence electrons. The Morgan fingerprint density at radius 2 is 1.83 bits per heavy atom. The number of fused-ring (bicyclic) bond motifs is 1. The van der Waals surface area contributed by atoms with Gasteiger partial charge in [-0.15, -0.1) is 0 Å². The molecule has 0 saturated carbocycles. The van der Waals surface area contributed by atoms with E-state index in [0.717, 1.165) is 8.45 Å². The molecule has 1 aromatic heterocycles. The molecule has 0 fully saturated rings. The van der Waals surface area contributed by atoms with Gasteiger partial charge in [0.25, 0.3) is 15.7 Å². The zero-order chi connectivity index (χ0) is 17.5. The van der Waals surface area contributed by atoms with Crippen LogP contribution in [-0.4, -0.2) is 24.4 Å². The van der Waals surface area contributed by atoms with E-state index in [0.29, 0.717) is 10.9 Å². The van der Waals surface area contributed by atoms with Gasteiger partial charge in [0.05, 0.1) is 28.6 Å². The third-order valence-electron chi connectivity index (χ3n) is 3.52. The van der Waals surface area contributed by atoms with E-state index in [2.05, 4.69) is 15.9 Å². The number of nitro groups is 1. The topological polar surface area (TPSA) is 91.4 Å². The lowest BCUT2D eigenvalue weighted by atomic mass is 10.2. The van der Waals surface area contributed by atoms with Crippen LogP contribution in [0.25, 0.3) is 10.9 Å². The van der Waals surface area contributed by atoms with Crippen LogP contribution in [0.15, 0.2) is 58.0 Å². The molecular formula is C15H11BrN2O5S. The molecule has 0 aliphatic carbocycles. The average Bonchev–Trinajstić information content (AvgIpc) is 2.93. The first kappa shape index (κ1) is 16.5. The summed E-state index contributed by atoms with van der Waals surface area (Å²) in [5.41, 5.74) is 0.167. The Hall–Kier alpha value is -2.39. The molecule has 2 aromatic carbocycles. The standard InChI is InChI=1S/C15H11BrN2O5S/c1-23-15-9-17(14-7-4-11(18(19)20)8-13(14)15)24(21,22)12-5-2-10(16)3-6-12/h2-9H,1H3. The number of aromatic nitrogens is 1. The molecule has 7 nitrogen and oxygen atoms in total. The monoisotopic (exact) mass is 410 g/mol. The molecule has 0 N–H and O–H groups in total. The molecule has 0 unspecified atom stereocenters. The summed E-state index contributed by atoms with van der Waals surface area (Å²) in [7, 11) is -2.48. The summed E-state index contributed by atoms with van der Waals surface area (Å²) in [5, 5.41) is 11.3. The maximum absolute atomic E-state index is 12.9. The van der Waals surface area contributed by atoms with E-state index in [4.69, 9.17) is 4.74 Å². The molecule has 1 heterocycles. The molecule has 24 heavy (non-hydrogen) atoms. The molecular weight excluding hydrogens is 400 g/mol. The second-order valence-corrected chi connectivity index (χ2v) is 7.64. The van der Waals surface area contributed by atoms with Gasteiger partial charge in [-0.3, -0.25) is 10.1 Å². The van der Waals surface area contributed by atoms with E-state index in [1.165, 1.54) is 43.6 Å². The second kappa shape index (κ2) is 5.91. The van der Waals surface area contributed by atoms with E-state index in [1.807, 2.05) is 0 Å². The van der Waals surface area contributed by atoms with E-state index in [1.54, 1.807) is 12.1 Å². The molecule has 3 rings (SSSR count). The van der Waals surface area contributed by atoms with Crippen LogP contribution in [0.1, 0.15) is 0 Å². The van der Waals surface area contributed by atoms with Crippen LogP contribution in [0.5, 0.6) is 5.75 Å². The van der Waals surface area contributed by atoms with Crippen LogP contribution in [0.4, 0.5) is 5.69 Å². The number of methoxy groups -OCH3 is 1. The maximum atomic E-state index is 12.9. The van der Waals surface area contributed by atoms with Gasteiger partial charge in [0.2, 0.25) is 0 Å². The summed E-state index contributed by atoms with van der Waals surface area (Å²) in [6, 6.07) is 10.1. The SMILES string of the molecule is COc1cn(S(=O)(=O)c2ccc(Br)cc2)c2ccc([N+](=O)[O-])cc12. The minimum Gasteiger partial charge on any atom is -0.494 e. The van der Waals surface area contributed by atoms with Crippen LogP contribution in [0.3, 0.4) is 0 Å². The lowest BCUT2D eigenvalue weighted by Gasteiger charge is -2.07. The third-order valence-corrected chi connectivity index (χ3v) is 5.74. The van der Waals surface area contributed by atoms with Gasteiger partial charge in [-0.25, -0.2) is 12.4 Å². The predicted molar refractivity (Wildman–Crippen MR) is 91.9 cm³/mol. The number of nitrogens with zero attached hydrogens (tertiary/aromatic N) is 2. The highest BCUT2D eigenvalue weighted by Gasteiger charge is 2.23. The van der Waals surface area contributed by atoms with Crippen LogP contribution in [0.2, 0.25) is 0 Å². The molecule has 0 aliphatic rings. The number of hydrogen-bond donors (Lipinski definition) is 0. The number of hydrogen-bond acceptors (Lipinski definition) is 5. The molecule has 0 radical (unpaired) electrons. The fourth-order valence-electron chi connectivity index (χ4n) is 2.35. The number of rotatable bonds is 4. The number of nitro benzene ring substituents is 1. The minimum atomic E-state index is -3.86. The lowest BCUT2D eigenvalue weighted by Crippen LogP contribution is -2.11. The number of non-ortho nitro benzene ring substituents is 1. The Labute approximate surface area is 145 Å². The maximum Gasteiger partial charge on any atom is 0.270 e. The summed E-state index contributed by atoms with van der Waals surface area (Å²) >= 11 is 3.26. The molecule has 0 bridgehead atoms. The van der Waals surface area contributed by atoms with E-state index < -0.39 is 14.9 Å². The zero-order valence-corrected chi connectivity index (χ0v) is 14.7. The van der Waals surface area contributed by atoms with Gasteiger partial charge in [0.15, 0.2) is 0 Å². The highest BCUT2D eigenvalue weighted by atomic mass is 79.9. The number of ether oxygens (including phenoxy) is 1. The molecule has 0 atom stereocenters. The van der Waals surface area contributed by atoms with Gasteiger partial charge in [0, 0.05) is 22.0 Å². The second-order valence-electron chi connectivity index (χ2n) is 4.91. The van der Waals surface area contributed by atoms with Crippen molar-refractivity contribution in [1.82, 2.24) is 3.97 Å². The molecule has 0 amide bonds. The van der Waals surface area contributed by atoms with Crippen molar-refractivity contribution < 1.29 is 18.1 Å². The smallest absolute Gasteiger partial charge is 0.270 e. The van der Waals surface area contributed by atoms with Crippen LogP contribution in [-0.2, 0) is 10.0 Å². The average molecular weight is 411 g/mol. The summed E-state index contributed by atoms with van der Waals surface area (Å²) in [6.45, 7) is 0. The van der Waals surface area contributed by atoms with Gasteiger partial charge in [-0.05, 0) is 30.3 Å². The van der Waals surface area contributed by atoms with Crippen molar-refractivity contribution in [3.8, 4) is 5.75 Å². The van der Waals surface area contributed by atoms with Crippen LogP contribution in [0, 0.1) is 10.1 Å². The Morgan fingerprint density at radius 3 is 2.42 bits per heavy atom. The largest absolute Gasteiger partial charge is 0.494 e. The van der Waals surface area contributed by atoms with Crippen LogP contribution >= 0.6 is 15.9 Å². The highest BCUT2D eigenvalue weighted by molar-refractivity contribution is 9.10. The highest BCUT2D eigenvalue weighted by Crippen LogP contribution is 2.33. The Kier molecular flexibility index (Phi) is 4.06. The van der Waals surface area contributed by atoms with Gasteiger partial charge in [0.1, 0.15) is 5.75 Å². The quantitative estimate of drug-likeness (QED) is 0.484. The third kappa shape index (κ3) is 2.65. The summed E-state index contributed by atoms with van der Waals surface area (Å²) in [4.78, 5) is 10.5. The van der Waals surface area contributed by atoms with Gasteiger partial charge >= 0.3 is 0 Å². The molecule has 0 saturated heterocycles. The zero-order valence-electron chi connectivity index (χ0n) is 12.3. The fraction of sp³-hybridized carbons (Fsp3) is 0.0667. The molecule has 3 aromatic rings. The van der Waals surface area contributed by atoms with E-state index >= 15 is 0 Å². The normalized spacial score (nSPS) is 11.6.